The fourth-order valence-electron chi connectivity index (χ4n) is 4.82. The van der Waals surface area contributed by atoms with E-state index in [9.17, 15) is 18.0 Å². The van der Waals surface area contributed by atoms with Gasteiger partial charge in [-0.2, -0.15) is 18.3 Å². The lowest BCUT2D eigenvalue weighted by molar-refractivity contribution is -0.141. The summed E-state index contributed by atoms with van der Waals surface area (Å²) >= 11 is 0. The van der Waals surface area contributed by atoms with Gasteiger partial charge in [-0.3, -0.25) is 9.48 Å². The molecule has 2 aromatic heterocycles. The first-order chi connectivity index (χ1) is 16.1. The monoisotopic (exact) mass is 470 g/mol. The molecule has 1 amide bonds. The molecule has 34 heavy (non-hydrogen) atoms. The Balaban J connectivity index is 1.60. The van der Waals surface area contributed by atoms with Gasteiger partial charge in [-0.25, -0.2) is 4.98 Å². The molecule has 180 valence electrons. The number of pyridine rings is 1. The van der Waals surface area contributed by atoms with Crippen molar-refractivity contribution in [1.82, 2.24) is 19.7 Å². The average molecular weight is 471 g/mol. The number of piperidine rings is 1. The van der Waals surface area contributed by atoms with E-state index in [4.69, 9.17) is 0 Å². The van der Waals surface area contributed by atoms with Crippen molar-refractivity contribution in [3.63, 3.8) is 0 Å². The minimum Gasteiger partial charge on any atom is -0.335 e. The molecule has 1 fully saturated rings. The van der Waals surface area contributed by atoms with Crippen molar-refractivity contribution >= 4 is 5.91 Å². The molecule has 0 N–H and O–H groups in total. The van der Waals surface area contributed by atoms with Crippen LogP contribution in [0.5, 0.6) is 0 Å². The molecular weight excluding hydrogens is 441 g/mol. The Morgan fingerprint density at radius 2 is 2.00 bits per heavy atom. The number of rotatable bonds is 5. The predicted molar refractivity (Wildman–Crippen MR) is 124 cm³/mol. The molecule has 4 rings (SSSR count). The molecule has 0 spiro atoms. The molecule has 0 aliphatic carbocycles. The number of hydrogen-bond acceptors (Lipinski definition) is 3. The third-order valence-electron chi connectivity index (χ3n) is 6.59. The van der Waals surface area contributed by atoms with Crippen molar-refractivity contribution < 1.29 is 18.0 Å². The van der Waals surface area contributed by atoms with Gasteiger partial charge in [-0.15, -0.1) is 0 Å². The molecule has 1 aromatic carbocycles. The first kappa shape index (κ1) is 24.0. The van der Waals surface area contributed by atoms with Gasteiger partial charge in [-0.1, -0.05) is 30.7 Å². The highest BCUT2D eigenvalue weighted by molar-refractivity contribution is 6.01. The molecule has 0 radical (unpaired) electrons. The number of carbonyl (C=O) groups is 1. The van der Waals surface area contributed by atoms with Crippen molar-refractivity contribution in [2.24, 2.45) is 13.0 Å². The highest BCUT2D eigenvalue weighted by atomic mass is 19.4. The van der Waals surface area contributed by atoms with E-state index in [0.29, 0.717) is 30.6 Å². The van der Waals surface area contributed by atoms with Crippen molar-refractivity contribution in [3.8, 4) is 11.1 Å². The fraction of sp³-hybridized carbons (Fsp3) is 0.423. The number of benzene rings is 1. The predicted octanol–water partition coefficient (Wildman–Crippen LogP) is 5.68. The Morgan fingerprint density at radius 3 is 2.71 bits per heavy atom. The number of likely N-dealkylation sites (tertiary alicyclic amines) is 1. The van der Waals surface area contributed by atoms with Gasteiger partial charge in [-0.05, 0) is 62.3 Å². The summed E-state index contributed by atoms with van der Waals surface area (Å²) < 4.78 is 40.9. The maximum absolute atomic E-state index is 13.8. The molecular formula is C26H29F3N4O. The van der Waals surface area contributed by atoms with Crippen molar-refractivity contribution in [2.75, 3.05) is 6.54 Å². The highest BCUT2D eigenvalue weighted by Gasteiger charge is 2.34. The first-order valence-corrected chi connectivity index (χ1v) is 11.6. The van der Waals surface area contributed by atoms with E-state index in [-0.39, 0.29) is 17.9 Å². The van der Waals surface area contributed by atoms with E-state index in [0.717, 1.165) is 35.6 Å². The van der Waals surface area contributed by atoms with Gasteiger partial charge in [0.05, 0.1) is 6.20 Å². The van der Waals surface area contributed by atoms with Crippen LogP contribution in [0.15, 0.2) is 48.8 Å². The summed E-state index contributed by atoms with van der Waals surface area (Å²) in [5.74, 6) is 0.200. The topological polar surface area (TPSA) is 51.0 Å². The number of nitrogens with zero attached hydrogens (tertiary/aromatic N) is 4. The molecule has 1 aliphatic rings. The SMILES string of the molecule is Cc1ccc(-c2cnn(C)c2)c(C(=O)N2CCC[C@@H](C)[C@H]2CCc2cccc(C(F)(F)F)n2)c1. The zero-order chi connectivity index (χ0) is 24.5. The number of carbonyl (C=O) groups excluding carboxylic acids is 1. The summed E-state index contributed by atoms with van der Waals surface area (Å²) in [6, 6.07) is 9.78. The smallest absolute Gasteiger partial charge is 0.335 e. The number of amides is 1. The lowest BCUT2D eigenvalue weighted by Gasteiger charge is -2.40. The number of alkyl halides is 3. The molecule has 1 saturated heterocycles. The third-order valence-corrected chi connectivity index (χ3v) is 6.59. The van der Waals surface area contributed by atoms with E-state index >= 15 is 0 Å². The van der Waals surface area contributed by atoms with Crippen LogP contribution in [0.3, 0.4) is 0 Å². The zero-order valence-electron chi connectivity index (χ0n) is 19.6. The van der Waals surface area contributed by atoms with Crippen LogP contribution in [0.1, 0.15) is 53.5 Å². The number of aromatic nitrogens is 3. The number of hydrogen-bond donors (Lipinski definition) is 0. The average Bonchev–Trinajstić information content (AvgIpc) is 3.23. The maximum Gasteiger partial charge on any atom is 0.433 e. The van der Waals surface area contributed by atoms with Crippen LogP contribution in [0.2, 0.25) is 0 Å². The van der Waals surface area contributed by atoms with Crippen molar-refractivity contribution in [3.05, 3.63) is 71.3 Å². The highest BCUT2D eigenvalue weighted by Crippen LogP contribution is 2.32. The number of aryl methyl sites for hydroxylation is 3. The van der Waals surface area contributed by atoms with Crippen molar-refractivity contribution in [2.45, 2.75) is 51.7 Å². The van der Waals surface area contributed by atoms with Crippen LogP contribution in [-0.2, 0) is 19.6 Å². The number of halogens is 3. The summed E-state index contributed by atoms with van der Waals surface area (Å²) in [4.78, 5) is 19.6. The van der Waals surface area contributed by atoms with Crippen LogP contribution < -0.4 is 0 Å². The Bertz CT molecular complexity index is 1170. The summed E-state index contributed by atoms with van der Waals surface area (Å²) in [6.07, 6.45) is 1.99. The summed E-state index contributed by atoms with van der Waals surface area (Å²) in [6.45, 7) is 4.70. The minimum absolute atomic E-state index is 0.0453. The van der Waals surface area contributed by atoms with Gasteiger partial charge >= 0.3 is 6.18 Å². The Hall–Kier alpha value is -3.16. The lowest BCUT2D eigenvalue weighted by Crippen LogP contribution is -2.48. The van der Waals surface area contributed by atoms with Gasteiger partial charge < -0.3 is 4.90 Å². The van der Waals surface area contributed by atoms with Gasteiger partial charge in [0, 0.05) is 42.7 Å². The molecule has 0 unspecified atom stereocenters. The molecule has 0 saturated carbocycles. The second-order valence-electron chi connectivity index (χ2n) is 9.19. The van der Waals surface area contributed by atoms with Gasteiger partial charge in [0.1, 0.15) is 5.69 Å². The second-order valence-corrected chi connectivity index (χ2v) is 9.19. The molecule has 3 aromatic rings. The third kappa shape index (κ3) is 5.16. The summed E-state index contributed by atoms with van der Waals surface area (Å²) in [5.41, 5.74) is 2.85. The molecule has 1 aliphatic heterocycles. The fourth-order valence-corrected chi connectivity index (χ4v) is 4.82. The van der Waals surface area contributed by atoms with Gasteiger partial charge in [0.15, 0.2) is 0 Å². The lowest BCUT2D eigenvalue weighted by atomic mass is 9.86. The first-order valence-electron chi connectivity index (χ1n) is 11.6. The van der Waals surface area contributed by atoms with Crippen LogP contribution in [-0.4, -0.2) is 38.2 Å². The standard InChI is InChI=1S/C26H29F3N4O/c1-17-9-11-21(19-15-30-32(3)16-19)22(14-17)25(34)33-13-5-6-18(2)23(33)12-10-20-7-4-8-24(31-20)26(27,28)29/h4,7-9,11,14-16,18,23H,5-6,10,12-13H2,1-3H3/t18-,23-/m1/s1. The summed E-state index contributed by atoms with van der Waals surface area (Å²) in [5, 5.41) is 4.25. The Kier molecular flexibility index (Phi) is 6.77. The minimum atomic E-state index is -4.47. The van der Waals surface area contributed by atoms with E-state index in [1.54, 1.807) is 16.9 Å². The molecule has 0 bridgehead atoms. The Labute approximate surface area is 197 Å². The van der Waals surface area contributed by atoms with Crippen LogP contribution in [0.25, 0.3) is 11.1 Å². The normalized spacial score (nSPS) is 18.8. The van der Waals surface area contributed by atoms with Crippen LogP contribution >= 0.6 is 0 Å². The largest absolute Gasteiger partial charge is 0.433 e. The van der Waals surface area contributed by atoms with E-state index < -0.39 is 11.9 Å². The maximum atomic E-state index is 13.8. The quantitative estimate of drug-likeness (QED) is 0.482. The van der Waals surface area contributed by atoms with E-state index in [1.807, 2.05) is 43.3 Å². The molecule has 2 atom stereocenters. The second kappa shape index (κ2) is 9.60. The Morgan fingerprint density at radius 1 is 1.21 bits per heavy atom. The molecule has 8 heteroatoms. The molecule has 5 nitrogen and oxygen atoms in total. The van der Waals surface area contributed by atoms with E-state index in [1.165, 1.54) is 6.07 Å². The van der Waals surface area contributed by atoms with Crippen LogP contribution in [0.4, 0.5) is 13.2 Å². The zero-order valence-corrected chi connectivity index (χ0v) is 19.6. The summed E-state index contributed by atoms with van der Waals surface area (Å²) in [7, 11) is 1.84. The van der Waals surface area contributed by atoms with Crippen molar-refractivity contribution in [1.29, 1.82) is 0 Å². The van der Waals surface area contributed by atoms with Crippen LogP contribution in [0, 0.1) is 12.8 Å². The van der Waals surface area contributed by atoms with E-state index in [2.05, 4.69) is 17.0 Å². The molecule has 3 heterocycles. The van der Waals surface area contributed by atoms with Gasteiger partial charge in [0.25, 0.3) is 5.91 Å². The van der Waals surface area contributed by atoms with Gasteiger partial charge in [0.2, 0.25) is 0 Å².